The van der Waals surface area contributed by atoms with Crippen LogP contribution in [0.15, 0.2) is 15.7 Å². The van der Waals surface area contributed by atoms with Crippen LogP contribution in [-0.2, 0) is 14.8 Å². The molecule has 2 rings (SSSR count). The first-order valence-electron chi connectivity index (χ1n) is 5.88. The van der Waals surface area contributed by atoms with Gasteiger partial charge < -0.3 is 10.4 Å². The predicted molar refractivity (Wildman–Crippen MR) is 72.0 cm³/mol. The van der Waals surface area contributed by atoms with E-state index in [-0.39, 0.29) is 16.2 Å². The van der Waals surface area contributed by atoms with Crippen LogP contribution in [0.3, 0.4) is 0 Å². The summed E-state index contributed by atoms with van der Waals surface area (Å²) in [5.74, 6) is -1.45. The van der Waals surface area contributed by atoms with Crippen LogP contribution in [0.2, 0.25) is 0 Å². The lowest BCUT2D eigenvalue weighted by molar-refractivity contribution is -0.139. The Bertz CT molecular complexity index is 646. The molecule has 0 unspecified atom stereocenters. The number of carbonyl (C=O) groups is 2. The van der Waals surface area contributed by atoms with Crippen LogP contribution in [0.1, 0.15) is 36.0 Å². The fourth-order valence-corrected chi connectivity index (χ4v) is 3.72. The second kappa shape index (κ2) is 5.15. The number of nitrogens with two attached hydrogens (primary N) is 1. The largest absolute Gasteiger partial charge is 0.481 e. The highest BCUT2D eigenvalue weighted by Crippen LogP contribution is 2.35. The lowest BCUT2D eigenvalue weighted by atomic mass is 9.74. The summed E-state index contributed by atoms with van der Waals surface area (Å²) in [6, 6.07) is 1.20. The normalized spacial score (nSPS) is 17.2. The van der Waals surface area contributed by atoms with Crippen molar-refractivity contribution in [1.29, 1.82) is 0 Å². The van der Waals surface area contributed by atoms with Gasteiger partial charge in [0.05, 0.1) is 17.5 Å². The Morgan fingerprint density at radius 1 is 1.45 bits per heavy atom. The molecule has 0 aliphatic heterocycles. The van der Waals surface area contributed by atoms with Crippen molar-refractivity contribution in [3.05, 3.63) is 17.0 Å². The molecule has 1 amide bonds. The molecule has 0 saturated heterocycles. The SMILES string of the molecule is NS(=O)(=O)c1cc(C(=O)NC2(CC(=O)O)CCC2)cs1. The van der Waals surface area contributed by atoms with E-state index in [4.69, 9.17) is 10.2 Å². The number of carboxylic acid groups (broad SMARTS) is 1. The van der Waals surface area contributed by atoms with E-state index in [9.17, 15) is 18.0 Å². The van der Waals surface area contributed by atoms with Crippen molar-refractivity contribution in [2.75, 3.05) is 0 Å². The van der Waals surface area contributed by atoms with Crippen LogP contribution in [0.4, 0.5) is 0 Å². The number of rotatable bonds is 5. The van der Waals surface area contributed by atoms with E-state index in [1.807, 2.05) is 0 Å². The Morgan fingerprint density at radius 2 is 2.10 bits per heavy atom. The molecule has 1 heterocycles. The second-order valence-electron chi connectivity index (χ2n) is 4.86. The Balaban J connectivity index is 2.12. The van der Waals surface area contributed by atoms with Crippen molar-refractivity contribution >= 4 is 33.2 Å². The van der Waals surface area contributed by atoms with Crippen molar-refractivity contribution in [2.45, 2.75) is 35.4 Å². The molecule has 1 aromatic rings. The fraction of sp³-hybridized carbons (Fsp3) is 0.455. The minimum absolute atomic E-state index is 0.0939. The van der Waals surface area contributed by atoms with Crippen molar-refractivity contribution < 1.29 is 23.1 Å². The molecule has 4 N–H and O–H groups in total. The van der Waals surface area contributed by atoms with Crippen LogP contribution in [-0.4, -0.2) is 30.9 Å². The average Bonchev–Trinajstić information content (AvgIpc) is 2.73. The molecular weight excluding hydrogens is 304 g/mol. The van der Waals surface area contributed by atoms with Gasteiger partial charge in [-0.1, -0.05) is 0 Å². The first kappa shape index (κ1) is 14.9. The number of amides is 1. The van der Waals surface area contributed by atoms with Gasteiger partial charge in [-0.2, -0.15) is 0 Å². The van der Waals surface area contributed by atoms with Crippen LogP contribution >= 0.6 is 11.3 Å². The first-order chi connectivity index (χ1) is 9.22. The zero-order valence-electron chi connectivity index (χ0n) is 10.5. The van der Waals surface area contributed by atoms with Crippen LogP contribution < -0.4 is 10.5 Å². The summed E-state index contributed by atoms with van der Waals surface area (Å²) in [5.41, 5.74) is -0.539. The van der Waals surface area contributed by atoms with E-state index < -0.39 is 27.4 Å². The summed E-state index contributed by atoms with van der Waals surface area (Å²) in [7, 11) is -3.83. The van der Waals surface area contributed by atoms with E-state index in [1.165, 1.54) is 11.4 Å². The maximum Gasteiger partial charge on any atom is 0.305 e. The molecule has 0 spiro atoms. The predicted octanol–water partition coefficient (Wildman–Crippen LogP) is 0.523. The standard InChI is InChI=1S/C11H14N2O5S2/c12-20(17,18)9-4-7(6-19-9)10(16)13-11(2-1-3-11)5-8(14)15/h4,6H,1-3,5H2,(H,13,16)(H,14,15)(H2,12,17,18). The van der Waals surface area contributed by atoms with Crippen molar-refractivity contribution in [2.24, 2.45) is 5.14 Å². The molecule has 0 bridgehead atoms. The fourth-order valence-electron chi connectivity index (χ4n) is 2.14. The molecule has 1 aliphatic rings. The van der Waals surface area contributed by atoms with Gasteiger partial charge in [0.1, 0.15) is 4.21 Å². The van der Waals surface area contributed by atoms with E-state index >= 15 is 0 Å². The summed E-state index contributed by atoms with van der Waals surface area (Å²) < 4.78 is 22.2. The maximum atomic E-state index is 12.0. The molecule has 1 aliphatic carbocycles. The van der Waals surface area contributed by atoms with Gasteiger partial charge in [0.2, 0.25) is 10.0 Å². The molecule has 20 heavy (non-hydrogen) atoms. The molecule has 0 atom stereocenters. The van der Waals surface area contributed by atoms with Gasteiger partial charge in [0.25, 0.3) is 5.91 Å². The number of carbonyl (C=O) groups excluding carboxylic acids is 1. The highest BCUT2D eigenvalue weighted by atomic mass is 32.2. The van der Waals surface area contributed by atoms with Crippen LogP contribution in [0.5, 0.6) is 0 Å². The van der Waals surface area contributed by atoms with Gasteiger partial charge in [-0.25, -0.2) is 13.6 Å². The highest BCUT2D eigenvalue weighted by molar-refractivity contribution is 7.91. The molecule has 7 nitrogen and oxygen atoms in total. The Kier molecular flexibility index (Phi) is 3.85. The quantitative estimate of drug-likeness (QED) is 0.729. The third-order valence-electron chi connectivity index (χ3n) is 3.30. The van der Waals surface area contributed by atoms with Gasteiger partial charge in [-0.15, -0.1) is 11.3 Å². The number of aliphatic carboxylic acids is 1. The van der Waals surface area contributed by atoms with E-state index in [1.54, 1.807) is 0 Å². The summed E-state index contributed by atoms with van der Waals surface area (Å²) in [6.45, 7) is 0. The smallest absolute Gasteiger partial charge is 0.305 e. The van der Waals surface area contributed by atoms with Gasteiger partial charge in [-0.05, 0) is 25.3 Å². The monoisotopic (exact) mass is 318 g/mol. The molecule has 1 fully saturated rings. The number of hydrogen-bond acceptors (Lipinski definition) is 5. The molecular formula is C11H14N2O5S2. The average molecular weight is 318 g/mol. The molecule has 9 heteroatoms. The molecule has 1 aromatic heterocycles. The summed E-state index contributed by atoms with van der Waals surface area (Å²) in [4.78, 5) is 22.9. The third kappa shape index (κ3) is 3.17. The van der Waals surface area contributed by atoms with Crippen molar-refractivity contribution in [3.63, 3.8) is 0 Å². The molecule has 1 saturated carbocycles. The number of nitrogens with one attached hydrogen (secondary N) is 1. The second-order valence-corrected chi connectivity index (χ2v) is 7.56. The van der Waals surface area contributed by atoms with Crippen LogP contribution in [0, 0.1) is 0 Å². The lowest BCUT2D eigenvalue weighted by Gasteiger charge is -2.41. The molecule has 0 radical (unpaired) electrons. The summed E-state index contributed by atoms with van der Waals surface area (Å²) in [6.07, 6.45) is 1.94. The number of thiophene rings is 1. The lowest BCUT2D eigenvalue weighted by Crippen LogP contribution is -2.54. The molecule has 0 aromatic carbocycles. The number of hydrogen-bond donors (Lipinski definition) is 3. The van der Waals surface area contributed by atoms with Crippen molar-refractivity contribution in [3.8, 4) is 0 Å². The Hall–Kier alpha value is -1.45. The Labute approximate surface area is 119 Å². The summed E-state index contributed by atoms with van der Waals surface area (Å²) >= 11 is 0.860. The number of sulfonamides is 1. The van der Waals surface area contributed by atoms with Crippen LogP contribution in [0.25, 0.3) is 0 Å². The third-order valence-corrected chi connectivity index (χ3v) is 5.68. The van der Waals surface area contributed by atoms with Gasteiger partial charge in [0.15, 0.2) is 0 Å². The first-order valence-corrected chi connectivity index (χ1v) is 8.30. The molecule has 110 valence electrons. The number of primary sulfonamides is 1. The highest BCUT2D eigenvalue weighted by Gasteiger charge is 2.40. The minimum Gasteiger partial charge on any atom is -0.481 e. The van der Waals surface area contributed by atoms with Gasteiger partial charge >= 0.3 is 5.97 Å². The topological polar surface area (TPSA) is 127 Å². The van der Waals surface area contributed by atoms with Crippen molar-refractivity contribution in [1.82, 2.24) is 5.32 Å². The van der Waals surface area contributed by atoms with E-state index in [2.05, 4.69) is 5.32 Å². The maximum absolute atomic E-state index is 12.0. The zero-order valence-corrected chi connectivity index (χ0v) is 12.1. The zero-order chi connectivity index (χ0) is 15.0. The minimum atomic E-state index is -3.83. The van der Waals surface area contributed by atoms with E-state index in [0.717, 1.165) is 17.8 Å². The Morgan fingerprint density at radius 3 is 2.50 bits per heavy atom. The van der Waals surface area contributed by atoms with Gasteiger partial charge in [-0.3, -0.25) is 9.59 Å². The van der Waals surface area contributed by atoms with E-state index in [0.29, 0.717) is 12.8 Å². The van der Waals surface area contributed by atoms with Gasteiger partial charge in [0, 0.05) is 5.38 Å². The number of carboxylic acids is 1. The summed E-state index contributed by atoms with van der Waals surface area (Å²) in [5, 5.41) is 17.9.